The van der Waals surface area contributed by atoms with Crippen molar-refractivity contribution in [2.75, 3.05) is 6.54 Å². The van der Waals surface area contributed by atoms with Crippen molar-refractivity contribution in [3.63, 3.8) is 0 Å². The molecule has 1 fully saturated rings. The molecule has 1 saturated carbocycles. The molecule has 0 bridgehead atoms. The highest BCUT2D eigenvalue weighted by molar-refractivity contribution is 5.81. The molecule has 1 amide bonds. The Labute approximate surface area is 118 Å². The zero-order chi connectivity index (χ0) is 14.4. The van der Waals surface area contributed by atoms with Crippen molar-refractivity contribution >= 4 is 11.9 Å². The number of aromatic nitrogens is 1. The molecule has 1 aliphatic rings. The summed E-state index contributed by atoms with van der Waals surface area (Å²) in [5, 5.41) is 8.98. The quantitative estimate of drug-likeness (QED) is 0.861. The van der Waals surface area contributed by atoms with Crippen LogP contribution in [0.25, 0.3) is 0 Å². The Morgan fingerprint density at radius 2 is 1.90 bits per heavy atom. The van der Waals surface area contributed by atoms with Gasteiger partial charge >= 0.3 is 5.97 Å². The third-order valence-electron chi connectivity index (χ3n) is 3.77. The Morgan fingerprint density at radius 1 is 1.25 bits per heavy atom. The zero-order valence-corrected chi connectivity index (χ0v) is 11.5. The number of carboxylic acid groups (broad SMARTS) is 1. The maximum atomic E-state index is 12.3. The SMILES string of the molecule is O=C(O)CN(C(=O)CCc1ccncc1)C1CCCC1. The van der Waals surface area contributed by atoms with Crippen molar-refractivity contribution in [1.29, 1.82) is 0 Å². The van der Waals surface area contributed by atoms with Gasteiger partial charge in [0.1, 0.15) is 6.54 Å². The molecule has 20 heavy (non-hydrogen) atoms. The molecule has 1 heterocycles. The average Bonchev–Trinajstić information content (AvgIpc) is 2.97. The molecule has 0 atom stereocenters. The summed E-state index contributed by atoms with van der Waals surface area (Å²) in [4.78, 5) is 28.7. The van der Waals surface area contributed by atoms with Crippen LogP contribution in [-0.4, -0.2) is 39.5 Å². The van der Waals surface area contributed by atoms with Gasteiger partial charge in [-0.15, -0.1) is 0 Å². The van der Waals surface area contributed by atoms with Crippen molar-refractivity contribution in [2.45, 2.75) is 44.6 Å². The van der Waals surface area contributed by atoms with E-state index >= 15 is 0 Å². The molecule has 0 radical (unpaired) electrons. The van der Waals surface area contributed by atoms with Crippen molar-refractivity contribution in [3.8, 4) is 0 Å². The summed E-state index contributed by atoms with van der Waals surface area (Å²) >= 11 is 0. The van der Waals surface area contributed by atoms with E-state index in [1.165, 1.54) is 0 Å². The number of rotatable bonds is 6. The van der Waals surface area contributed by atoms with E-state index in [1.54, 1.807) is 17.3 Å². The van der Waals surface area contributed by atoms with Crippen LogP contribution in [0.5, 0.6) is 0 Å². The van der Waals surface area contributed by atoms with E-state index in [2.05, 4.69) is 4.98 Å². The normalized spacial score (nSPS) is 15.2. The summed E-state index contributed by atoms with van der Waals surface area (Å²) in [6.07, 6.45) is 8.40. The van der Waals surface area contributed by atoms with E-state index in [0.717, 1.165) is 31.2 Å². The first-order valence-electron chi connectivity index (χ1n) is 7.07. The predicted octanol–water partition coefficient (Wildman–Crippen LogP) is 1.87. The van der Waals surface area contributed by atoms with Gasteiger partial charge in [-0.05, 0) is 37.0 Å². The van der Waals surface area contributed by atoms with Crippen molar-refractivity contribution < 1.29 is 14.7 Å². The molecule has 5 heteroatoms. The molecule has 0 spiro atoms. The number of hydrogen-bond donors (Lipinski definition) is 1. The van der Waals surface area contributed by atoms with E-state index in [-0.39, 0.29) is 18.5 Å². The molecule has 1 aromatic rings. The maximum Gasteiger partial charge on any atom is 0.323 e. The van der Waals surface area contributed by atoms with E-state index < -0.39 is 5.97 Å². The molecular formula is C15H20N2O3. The van der Waals surface area contributed by atoms with Crippen LogP contribution in [-0.2, 0) is 16.0 Å². The van der Waals surface area contributed by atoms with Crippen molar-refractivity contribution in [2.24, 2.45) is 0 Å². The van der Waals surface area contributed by atoms with Gasteiger partial charge in [0.25, 0.3) is 0 Å². The van der Waals surface area contributed by atoms with Crippen LogP contribution in [0, 0.1) is 0 Å². The Morgan fingerprint density at radius 3 is 2.50 bits per heavy atom. The fourth-order valence-electron chi connectivity index (χ4n) is 2.73. The smallest absolute Gasteiger partial charge is 0.323 e. The average molecular weight is 276 g/mol. The Kier molecular flexibility index (Phi) is 5.09. The number of aliphatic carboxylic acids is 1. The van der Waals surface area contributed by atoms with Crippen LogP contribution in [0.4, 0.5) is 0 Å². The van der Waals surface area contributed by atoms with Gasteiger partial charge in [-0.3, -0.25) is 14.6 Å². The minimum atomic E-state index is -0.936. The highest BCUT2D eigenvalue weighted by Crippen LogP contribution is 2.24. The van der Waals surface area contributed by atoms with Crippen LogP contribution < -0.4 is 0 Å². The van der Waals surface area contributed by atoms with Crippen LogP contribution in [0.2, 0.25) is 0 Å². The summed E-state index contributed by atoms with van der Waals surface area (Å²) in [6, 6.07) is 3.87. The number of carbonyl (C=O) groups excluding carboxylic acids is 1. The first-order valence-corrected chi connectivity index (χ1v) is 7.07. The fraction of sp³-hybridized carbons (Fsp3) is 0.533. The molecule has 1 N–H and O–H groups in total. The number of amides is 1. The summed E-state index contributed by atoms with van der Waals surface area (Å²) in [7, 11) is 0. The third kappa shape index (κ3) is 4.05. The second-order valence-electron chi connectivity index (χ2n) is 5.21. The van der Waals surface area contributed by atoms with Crippen molar-refractivity contribution in [1.82, 2.24) is 9.88 Å². The molecule has 1 aromatic heterocycles. The first-order chi connectivity index (χ1) is 9.66. The van der Waals surface area contributed by atoms with E-state index in [9.17, 15) is 9.59 Å². The molecule has 0 aromatic carbocycles. The predicted molar refractivity (Wildman–Crippen MR) is 74.2 cm³/mol. The Balaban J connectivity index is 1.93. The number of carboxylic acids is 1. The van der Waals surface area contributed by atoms with Crippen LogP contribution in [0.15, 0.2) is 24.5 Å². The van der Waals surface area contributed by atoms with Gasteiger partial charge in [0.15, 0.2) is 0 Å². The van der Waals surface area contributed by atoms with Crippen molar-refractivity contribution in [3.05, 3.63) is 30.1 Å². The van der Waals surface area contributed by atoms with Gasteiger partial charge in [0.2, 0.25) is 5.91 Å². The minimum absolute atomic E-state index is 0.0592. The van der Waals surface area contributed by atoms with Gasteiger partial charge < -0.3 is 10.0 Å². The molecule has 1 aliphatic carbocycles. The number of hydrogen-bond acceptors (Lipinski definition) is 3. The summed E-state index contributed by atoms with van der Waals surface area (Å²) < 4.78 is 0. The molecule has 0 unspecified atom stereocenters. The first kappa shape index (κ1) is 14.5. The lowest BCUT2D eigenvalue weighted by atomic mass is 10.1. The molecule has 108 valence electrons. The van der Waals surface area contributed by atoms with Gasteiger partial charge in [-0.1, -0.05) is 12.8 Å². The molecule has 2 rings (SSSR count). The van der Waals surface area contributed by atoms with E-state index in [0.29, 0.717) is 12.8 Å². The number of aryl methyl sites for hydroxylation is 1. The molecule has 0 aliphatic heterocycles. The van der Waals surface area contributed by atoms with Gasteiger partial charge in [0, 0.05) is 24.9 Å². The van der Waals surface area contributed by atoms with E-state index in [1.807, 2.05) is 12.1 Å². The standard InChI is InChI=1S/C15H20N2O3/c18-14(6-5-12-7-9-16-10-8-12)17(11-15(19)20)13-3-1-2-4-13/h7-10,13H,1-6,11H2,(H,19,20). The topological polar surface area (TPSA) is 70.5 Å². The Hall–Kier alpha value is -1.91. The zero-order valence-electron chi connectivity index (χ0n) is 11.5. The maximum absolute atomic E-state index is 12.3. The summed E-state index contributed by atoms with van der Waals surface area (Å²) in [5.41, 5.74) is 1.05. The molecular weight excluding hydrogens is 256 g/mol. The van der Waals surface area contributed by atoms with Gasteiger partial charge in [0.05, 0.1) is 0 Å². The number of carbonyl (C=O) groups is 2. The molecule has 0 saturated heterocycles. The van der Waals surface area contributed by atoms with Crippen LogP contribution in [0.3, 0.4) is 0 Å². The second kappa shape index (κ2) is 7.03. The lowest BCUT2D eigenvalue weighted by Gasteiger charge is -2.27. The third-order valence-corrected chi connectivity index (χ3v) is 3.77. The number of pyridine rings is 1. The lowest BCUT2D eigenvalue weighted by Crippen LogP contribution is -2.42. The lowest BCUT2D eigenvalue weighted by molar-refractivity contribution is -0.146. The minimum Gasteiger partial charge on any atom is -0.480 e. The van der Waals surface area contributed by atoms with Gasteiger partial charge in [-0.2, -0.15) is 0 Å². The van der Waals surface area contributed by atoms with Crippen LogP contribution in [0.1, 0.15) is 37.7 Å². The number of nitrogens with zero attached hydrogens (tertiary/aromatic N) is 2. The highest BCUT2D eigenvalue weighted by Gasteiger charge is 2.27. The summed E-state index contributed by atoms with van der Waals surface area (Å²) in [6.45, 7) is -0.181. The van der Waals surface area contributed by atoms with Crippen LogP contribution >= 0.6 is 0 Å². The van der Waals surface area contributed by atoms with Gasteiger partial charge in [-0.25, -0.2) is 0 Å². The monoisotopic (exact) mass is 276 g/mol. The van der Waals surface area contributed by atoms with E-state index in [4.69, 9.17) is 5.11 Å². The fourth-order valence-corrected chi connectivity index (χ4v) is 2.73. The highest BCUT2D eigenvalue weighted by atomic mass is 16.4. The second-order valence-corrected chi connectivity index (χ2v) is 5.21. The Bertz CT molecular complexity index is 455. The largest absolute Gasteiger partial charge is 0.480 e. The summed E-state index contributed by atoms with van der Waals surface area (Å²) in [5.74, 6) is -0.995. The molecule has 5 nitrogen and oxygen atoms in total.